The highest BCUT2D eigenvalue weighted by Crippen LogP contribution is 2.32. The summed E-state index contributed by atoms with van der Waals surface area (Å²) in [6.45, 7) is 5.31. The maximum absolute atomic E-state index is 14.0. The first-order valence-corrected chi connectivity index (χ1v) is 14.6. The lowest BCUT2D eigenvalue weighted by atomic mass is 10.1. The molecule has 9 nitrogen and oxygen atoms in total. The molecule has 41 heavy (non-hydrogen) atoms. The van der Waals surface area contributed by atoms with E-state index in [9.17, 15) is 22.4 Å². The van der Waals surface area contributed by atoms with Gasteiger partial charge in [0.05, 0.1) is 24.8 Å². The summed E-state index contributed by atoms with van der Waals surface area (Å²) < 4.78 is 53.2. The SMILES string of the molecule is CCCNC(=O)C(C)N(Cc1cccc(C)c1)C(=O)CN(c1ccc(F)cc1)S(=O)(=O)c1ccc(OC)c(OC)c1. The highest BCUT2D eigenvalue weighted by Gasteiger charge is 2.33. The van der Waals surface area contributed by atoms with E-state index in [0.717, 1.165) is 27.6 Å². The molecule has 0 spiro atoms. The van der Waals surface area contributed by atoms with E-state index in [0.29, 0.717) is 18.7 Å². The smallest absolute Gasteiger partial charge is 0.264 e. The maximum Gasteiger partial charge on any atom is 0.264 e. The molecule has 1 N–H and O–H groups in total. The van der Waals surface area contributed by atoms with Crippen molar-refractivity contribution in [3.63, 3.8) is 0 Å². The molecule has 11 heteroatoms. The van der Waals surface area contributed by atoms with Crippen LogP contribution < -0.4 is 19.1 Å². The number of carbonyl (C=O) groups is 2. The van der Waals surface area contributed by atoms with E-state index >= 15 is 0 Å². The molecular formula is C30H36FN3O6S. The molecule has 0 aromatic heterocycles. The summed E-state index contributed by atoms with van der Waals surface area (Å²) in [5, 5.41) is 2.80. The number of sulfonamides is 1. The van der Waals surface area contributed by atoms with E-state index in [2.05, 4.69) is 5.32 Å². The second-order valence-electron chi connectivity index (χ2n) is 9.48. The van der Waals surface area contributed by atoms with Crippen molar-refractivity contribution in [3.05, 3.63) is 83.7 Å². The number of methoxy groups -OCH3 is 2. The summed E-state index contributed by atoms with van der Waals surface area (Å²) in [6.07, 6.45) is 0.714. The fourth-order valence-electron chi connectivity index (χ4n) is 4.23. The van der Waals surface area contributed by atoms with Crippen LogP contribution in [0.2, 0.25) is 0 Å². The third-order valence-electron chi connectivity index (χ3n) is 6.49. The number of ether oxygens (including phenoxy) is 2. The molecule has 3 aromatic rings. The van der Waals surface area contributed by atoms with E-state index in [1.807, 2.05) is 38.1 Å². The van der Waals surface area contributed by atoms with Gasteiger partial charge in [-0.2, -0.15) is 0 Å². The Kier molecular flexibility index (Phi) is 10.7. The summed E-state index contributed by atoms with van der Waals surface area (Å²) in [4.78, 5) is 28.1. The van der Waals surface area contributed by atoms with E-state index < -0.39 is 34.3 Å². The fraction of sp³-hybridized carbons (Fsp3) is 0.333. The molecule has 2 amide bonds. The van der Waals surface area contributed by atoms with Crippen molar-refractivity contribution in [1.29, 1.82) is 0 Å². The molecule has 0 radical (unpaired) electrons. The lowest BCUT2D eigenvalue weighted by Gasteiger charge is -2.32. The van der Waals surface area contributed by atoms with Crippen molar-refractivity contribution in [3.8, 4) is 11.5 Å². The average Bonchev–Trinajstić information content (AvgIpc) is 2.97. The van der Waals surface area contributed by atoms with Gasteiger partial charge >= 0.3 is 0 Å². The summed E-state index contributed by atoms with van der Waals surface area (Å²) in [7, 11) is -1.56. The van der Waals surface area contributed by atoms with Crippen LogP contribution in [0.15, 0.2) is 71.6 Å². The lowest BCUT2D eigenvalue weighted by Crippen LogP contribution is -2.51. The summed E-state index contributed by atoms with van der Waals surface area (Å²) in [6, 6.07) is 15.5. The van der Waals surface area contributed by atoms with E-state index in [1.54, 1.807) is 6.92 Å². The van der Waals surface area contributed by atoms with Gasteiger partial charge in [0.15, 0.2) is 11.5 Å². The van der Waals surface area contributed by atoms with Gasteiger partial charge in [-0.3, -0.25) is 13.9 Å². The molecule has 0 aliphatic rings. The van der Waals surface area contributed by atoms with E-state index in [1.165, 1.54) is 49.5 Å². The molecule has 0 bridgehead atoms. The van der Waals surface area contributed by atoms with Gasteiger partial charge in [-0.25, -0.2) is 12.8 Å². The molecule has 0 aliphatic carbocycles. The quantitative estimate of drug-likeness (QED) is 0.321. The van der Waals surface area contributed by atoms with Crippen LogP contribution in [0.4, 0.5) is 10.1 Å². The van der Waals surface area contributed by atoms with Gasteiger partial charge in [-0.1, -0.05) is 36.8 Å². The average molecular weight is 586 g/mol. The Morgan fingerprint density at radius 2 is 1.66 bits per heavy atom. The normalized spacial score (nSPS) is 11.9. The molecule has 3 rings (SSSR count). The third-order valence-corrected chi connectivity index (χ3v) is 8.26. The predicted molar refractivity (Wildman–Crippen MR) is 155 cm³/mol. The monoisotopic (exact) mass is 585 g/mol. The largest absolute Gasteiger partial charge is 0.493 e. The highest BCUT2D eigenvalue weighted by molar-refractivity contribution is 7.92. The number of hydrogen-bond donors (Lipinski definition) is 1. The molecule has 0 saturated carbocycles. The predicted octanol–water partition coefficient (Wildman–Crippen LogP) is 4.29. The maximum atomic E-state index is 14.0. The molecule has 0 saturated heterocycles. The molecule has 220 valence electrons. The van der Waals surface area contributed by atoms with E-state index in [-0.39, 0.29) is 28.8 Å². The van der Waals surface area contributed by atoms with Crippen LogP contribution in [0.1, 0.15) is 31.4 Å². The molecule has 1 unspecified atom stereocenters. The Bertz CT molecular complexity index is 1460. The number of aryl methyl sites for hydroxylation is 1. The minimum atomic E-state index is -4.37. The van der Waals surface area contributed by atoms with Gasteiger partial charge in [0.2, 0.25) is 11.8 Å². The lowest BCUT2D eigenvalue weighted by molar-refractivity contribution is -0.139. The van der Waals surface area contributed by atoms with Gasteiger partial charge < -0.3 is 19.7 Å². The number of nitrogens with zero attached hydrogens (tertiary/aromatic N) is 2. The van der Waals surface area contributed by atoms with Gasteiger partial charge in [-0.05, 0) is 62.2 Å². The van der Waals surface area contributed by atoms with Crippen molar-refractivity contribution in [2.75, 3.05) is 31.6 Å². The first kappa shape index (κ1) is 31.4. The Balaban J connectivity index is 2.06. The number of rotatable bonds is 13. The topological polar surface area (TPSA) is 105 Å². The van der Waals surface area contributed by atoms with Crippen molar-refractivity contribution in [1.82, 2.24) is 10.2 Å². The molecule has 1 atom stereocenters. The highest BCUT2D eigenvalue weighted by atomic mass is 32.2. The number of halogens is 1. The minimum Gasteiger partial charge on any atom is -0.493 e. The van der Waals surface area contributed by atoms with Crippen molar-refractivity contribution < 1.29 is 31.9 Å². The zero-order valence-electron chi connectivity index (χ0n) is 23.9. The zero-order chi connectivity index (χ0) is 30.2. The van der Waals surface area contributed by atoms with Crippen molar-refractivity contribution in [2.24, 2.45) is 0 Å². The number of benzene rings is 3. The molecule has 3 aromatic carbocycles. The summed E-state index contributed by atoms with van der Waals surface area (Å²) in [5.41, 5.74) is 1.83. The number of anilines is 1. The number of carbonyl (C=O) groups excluding carboxylic acids is 2. The van der Waals surface area contributed by atoms with E-state index in [4.69, 9.17) is 9.47 Å². The first-order valence-electron chi connectivity index (χ1n) is 13.1. The minimum absolute atomic E-state index is 0.0770. The van der Waals surface area contributed by atoms with Crippen molar-refractivity contribution in [2.45, 2.75) is 44.7 Å². The standard InChI is InChI=1S/C30H36FN3O6S/c1-6-16-32-30(36)22(3)33(19-23-9-7-8-21(2)17-23)29(35)20-34(25-12-10-24(31)11-13-25)41(37,38)26-14-15-27(39-4)28(18-26)40-5/h7-15,17-18,22H,6,16,19-20H2,1-5H3,(H,32,36). The van der Waals surface area contributed by atoms with Crippen LogP contribution in [0.5, 0.6) is 11.5 Å². The van der Waals surface area contributed by atoms with Crippen LogP contribution in [0.25, 0.3) is 0 Å². The van der Waals surface area contributed by atoms with Gasteiger partial charge in [0.1, 0.15) is 18.4 Å². The van der Waals surface area contributed by atoms with Gasteiger partial charge in [0.25, 0.3) is 10.0 Å². The Hall–Kier alpha value is -4.12. The third kappa shape index (κ3) is 7.75. The second kappa shape index (κ2) is 14.0. The van der Waals surface area contributed by atoms with Crippen LogP contribution in [0.3, 0.4) is 0 Å². The molecule has 0 aliphatic heterocycles. The number of hydrogen-bond acceptors (Lipinski definition) is 6. The number of amides is 2. The van der Waals surface area contributed by atoms with Crippen LogP contribution in [-0.4, -0.2) is 58.5 Å². The van der Waals surface area contributed by atoms with Crippen LogP contribution in [-0.2, 0) is 26.2 Å². The van der Waals surface area contributed by atoms with Gasteiger partial charge in [-0.15, -0.1) is 0 Å². The Morgan fingerprint density at radius 1 is 0.976 bits per heavy atom. The Morgan fingerprint density at radius 3 is 2.27 bits per heavy atom. The first-order chi connectivity index (χ1) is 19.5. The summed E-state index contributed by atoms with van der Waals surface area (Å²) >= 11 is 0. The Labute approximate surface area is 240 Å². The van der Waals surface area contributed by atoms with Crippen molar-refractivity contribution >= 4 is 27.5 Å². The fourth-order valence-corrected chi connectivity index (χ4v) is 5.66. The summed E-state index contributed by atoms with van der Waals surface area (Å²) in [5.74, 6) is -1.03. The zero-order valence-corrected chi connectivity index (χ0v) is 24.7. The second-order valence-corrected chi connectivity index (χ2v) is 11.3. The number of nitrogens with one attached hydrogen (secondary N) is 1. The van der Waals surface area contributed by atoms with Crippen LogP contribution >= 0.6 is 0 Å². The van der Waals surface area contributed by atoms with Crippen LogP contribution in [0, 0.1) is 12.7 Å². The molecule has 0 heterocycles. The molecular weight excluding hydrogens is 549 g/mol. The molecule has 0 fully saturated rings. The van der Waals surface area contributed by atoms with Gasteiger partial charge in [0, 0.05) is 19.2 Å².